The maximum absolute atomic E-state index is 7.11. The third-order valence-corrected chi connectivity index (χ3v) is 13.4. The molecule has 0 aliphatic heterocycles. The van der Waals surface area contributed by atoms with Gasteiger partial charge in [0.25, 0.3) is 0 Å². The SMILES string of the molecule is CC(C)(C)[Si](C)(C)OC(CC(c1cscc1I)n1ccnc1)C1CCCCC1. The number of hydrogen-bond acceptors (Lipinski definition) is 3. The fourth-order valence-electron chi connectivity index (χ4n) is 4.01. The molecule has 1 fully saturated rings. The van der Waals surface area contributed by atoms with Crippen molar-refractivity contribution < 1.29 is 4.43 Å². The molecule has 6 heteroatoms. The van der Waals surface area contributed by atoms with Crippen molar-refractivity contribution in [1.82, 2.24) is 9.55 Å². The van der Waals surface area contributed by atoms with Gasteiger partial charge in [-0.1, -0.05) is 40.0 Å². The van der Waals surface area contributed by atoms with Crippen molar-refractivity contribution in [2.75, 3.05) is 0 Å². The van der Waals surface area contributed by atoms with Gasteiger partial charge in [-0.3, -0.25) is 0 Å². The Labute approximate surface area is 189 Å². The van der Waals surface area contributed by atoms with Gasteiger partial charge in [0.05, 0.1) is 18.5 Å². The Morgan fingerprint density at radius 1 is 1.25 bits per heavy atom. The molecule has 2 aromatic rings. The summed E-state index contributed by atoms with van der Waals surface area (Å²) < 4.78 is 10.8. The molecule has 0 aromatic carbocycles. The molecule has 3 nitrogen and oxygen atoms in total. The highest BCUT2D eigenvalue weighted by Gasteiger charge is 2.41. The van der Waals surface area contributed by atoms with Gasteiger partial charge in [-0.05, 0) is 76.8 Å². The summed E-state index contributed by atoms with van der Waals surface area (Å²) >= 11 is 4.28. The molecule has 156 valence electrons. The molecule has 0 bridgehead atoms. The summed E-state index contributed by atoms with van der Waals surface area (Å²) in [6, 6.07) is 0.303. The third-order valence-electron chi connectivity index (χ3n) is 6.77. The third kappa shape index (κ3) is 5.29. The first kappa shape index (κ1) is 22.5. The summed E-state index contributed by atoms with van der Waals surface area (Å²) in [7, 11) is -1.83. The van der Waals surface area contributed by atoms with Crippen LogP contribution < -0.4 is 0 Å². The predicted octanol–water partition coefficient (Wildman–Crippen LogP) is 7.50. The zero-order valence-electron chi connectivity index (χ0n) is 18.0. The number of rotatable bonds is 7. The van der Waals surface area contributed by atoms with E-state index in [1.54, 1.807) is 11.3 Å². The van der Waals surface area contributed by atoms with Crippen LogP contribution in [-0.4, -0.2) is 24.0 Å². The summed E-state index contributed by atoms with van der Waals surface area (Å²) in [4.78, 5) is 4.35. The smallest absolute Gasteiger partial charge is 0.192 e. The average Bonchev–Trinajstić information content (AvgIpc) is 3.30. The van der Waals surface area contributed by atoms with Crippen molar-refractivity contribution in [2.24, 2.45) is 5.92 Å². The molecule has 1 aliphatic carbocycles. The van der Waals surface area contributed by atoms with Crippen LogP contribution in [0.4, 0.5) is 0 Å². The number of thiophene rings is 1. The van der Waals surface area contributed by atoms with E-state index in [1.165, 1.54) is 41.2 Å². The second-order valence-corrected chi connectivity index (χ2v) is 16.4. The monoisotopic (exact) mass is 530 g/mol. The molecule has 1 aliphatic rings. The zero-order valence-corrected chi connectivity index (χ0v) is 21.9. The van der Waals surface area contributed by atoms with Crippen LogP contribution in [0.2, 0.25) is 18.1 Å². The minimum Gasteiger partial charge on any atom is -0.414 e. The number of halogens is 1. The van der Waals surface area contributed by atoms with E-state index in [4.69, 9.17) is 4.43 Å². The van der Waals surface area contributed by atoms with Crippen LogP contribution in [0.3, 0.4) is 0 Å². The Hall–Kier alpha value is -0.183. The lowest BCUT2D eigenvalue weighted by Crippen LogP contribution is -2.46. The summed E-state index contributed by atoms with van der Waals surface area (Å²) in [5, 5.41) is 4.81. The molecule has 2 aromatic heterocycles. The van der Waals surface area contributed by atoms with Gasteiger partial charge in [-0.2, -0.15) is 11.3 Å². The summed E-state index contributed by atoms with van der Waals surface area (Å²) in [6.07, 6.45) is 14.1. The van der Waals surface area contributed by atoms with E-state index in [9.17, 15) is 0 Å². The van der Waals surface area contributed by atoms with Crippen molar-refractivity contribution >= 4 is 42.2 Å². The van der Waals surface area contributed by atoms with Crippen LogP contribution in [0, 0.1) is 9.49 Å². The molecule has 28 heavy (non-hydrogen) atoms. The lowest BCUT2D eigenvalue weighted by atomic mass is 9.82. The van der Waals surface area contributed by atoms with Crippen LogP contribution in [0.15, 0.2) is 29.5 Å². The van der Waals surface area contributed by atoms with Crippen molar-refractivity contribution in [3.05, 3.63) is 38.6 Å². The molecule has 1 saturated carbocycles. The highest BCUT2D eigenvalue weighted by atomic mass is 127. The maximum Gasteiger partial charge on any atom is 0.192 e. The van der Waals surface area contributed by atoms with Crippen LogP contribution >= 0.6 is 33.9 Å². The summed E-state index contributed by atoms with van der Waals surface area (Å²) in [5.41, 5.74) is 1.42. The highest BCUT2D eigenvalue weighted by molar-refractivity contribution is 14.1. The van der Waals surface area contributed by atoms with Crippen LogP contribution in [0.1, 0.15) is 70.9 Å². The quantitative estimate of drug-likeness (QED) is 0.274. The van der Waals surface area contributed by atoms with Gasteiger partial charge < -0.3 is 8.99 Å². The molecule has 2 atom stereocenters. The van der Waals surface area contributed by atoms with Crippen molar-refractivity contribution in [3.8, 4) is 0 Å². The van der Waals surface area contributed by atoms with Gasteiger partial charge in [0, 0.05) is 21.3 Å². The molecule has 0 amide bonds. The molecule has 2 unspecified atom stereocenters. The fourth-order valence-corrected chi connectivity index (χ4v) is 7.33. The summed E-state index contributed by atoms with van der Waals surface area (Å²) in [6.45, 7) is 11.9. The van der Waals surface area contributed by atoms with E-state index in [0.717, 1.165) is 6.42 Å². The topological polar surface area (TPSA) is 27.1 Å². The molecular formula is C22H35IN2OSSi. The maximum atomic E-state index is 7.11. The normalized spacial score (nSPS) is 18.9. The Balaban J connectivity index is 1.90. The number of imidazole rings is 1. The number of hydrogen-bond donors (Lipinski definition) is 0. The molecule has 0 radical (unpaired) electrons. The first-order valence-electron chi connectivity index (χ1n) is 10.6. The second-order valence-electron chi connectivity index (χ2n) is 9.75. The van der Waals surface area contributed by atoms with E-state index >= 15 is 0 Å². The van der Waals surface area contributed by atoms with Gasteiger partial charge in [-0.15, -0.1) is 0 Å². The Morgan fingerprint density at radius 3 is 2.50 bits per heavy atom. The Bertz CT molecular complexity index is 732. The van der Waals surface area contributed by atoms with Gasteiger partial charge >= 0.3 is 0 Å². The van der Waals surface area contributed by atoms with Gasteiger partial charge in [0.1, 0.15) is 0 Å². The van der Waals surface area contributed by atoms with E-state index in [2.05, 4.69) is 83.0 Å². The predicted molar refractivity (Wildman–Crippen MR) is 131 cm³/mol. The first-order chi connectivity index (χ1) is 13.2. The van der Waals surface area contributed by atoms with Crippen molar-refractivity contribution in [2.45, 2.75) is 89.6 Å². The largest absolute Gasteiger partial charge is 0.414 e. The van der Waals surface area contributed by atoms with Gasteiger partial charge in [0.15, 0.2) is 8.32 Å². The van der Waals surface area contributed by atoms with Crippen LogP contribution in [-0.2, 0) is 4.43 Å². The van der Waals surface area contributed by atoms with Gasteiger partial charge in [0.2, 0.25) is 0 Å². The Kier molecular flexibility index (Phi) is 7.48. The molecule has 3 rings (SSSR count). The van der Waals surface area contributed by atoms with E-state index in [0.29, 0.717) is 18.1 Å². The van der Waals surface area contributed by atoms with E-state index < -0.39 is 8.32 Å². The van der Waals surface area contributed by atoms with Gasteiger partial charge in [-0.25, -0.2) is 4.98 Å². The van der Waals surface area contributed by atoms with Crippen molar-refractivity contribution in [1.29, 1.82) is 0 Å². The standard InChI is InChI=1S/C22H35IN2OSSi/c1-22(2,3)28(4,5)26-21(17-9-7-6-8-10-17)13-20(25-12-11-24-16-25)18-14-27-15-19(18)23/h11-12,14-17,20-21H,6-10,13H2,1-5H3. The average molecular weight is 531 g/mol. The second kappa shape index (κ2) is 9.31. The first-order valence-corrected chi connectivity index (χ1v) is 15.5. The van der Waals surface area contributed by atoms with E-state index in [-0.39, 0.29) is 5.04 Å². The molecule has 2 heterocycles. The fraction of sp³-hybridized carbons (Fsp3) is 0.682. The molecule has 0 spiro atoms. The van der Waals surface area contributed by atoms with Crippen LogP contribution in [0.5, 0.6) is 0 Å². The summed E-state index contributed by atoms with van der Waals surface area (Å²) in [5.74, 6) is 0.685. The highest BCUT2D eigenvalue weighted by Crippen LogP contribution is 2.42. The minimum absolute atomic E-state index is 0.237. The molecule has 0 saturated heterocycles. The Morgan fingerprint density at radius 2 is 1.96 bits per heavy atom. The van der Waals surface area contributed by atoms with Crippen molar-refractivity contribution in [3.63, 3.8) is 0 Å². The minimum atomic E-state index is -1.83. The van der Waals surface area contributed by atoms with Crippen LogP contribution in [0.25, 0.3) is 0 Å². The number of aromatic nitrogens is 2. The zero-order chi connectivity index (χ0) is 20.4. The molecule has 0 N–H and O–H groups in total. The molecular weight excluding hydrogens is 495 g/mol. The number of nitrogens with zero attached hydrogens (tertiary/aromatic N) is 2. The lowest BCUT2D eigenvalue weighted by molar-refractivity contribution is 0.0767. The lowest BCUT2D eigenvalue weighted by Gasteiger charge is -2.43. The van der Waals surface area contributed by atoms with E-state index in [1.807, 2.05) is 12.5 Å².